The van der Waals surface area contributed by atoms with E-state index in [1.54, 1.807) is 36.8 Å². The molecule has 0 unspecified atom stereocenters. The van der Waals surface area contributed by atoms with Crippen LogP contribution in [0.15, 0.2) is 101 Å². The first-order chi connectivity index (χ1) is 16.8. The quantitative estimate of drug-likeness (QED) is 0.229. The summed E-state index contributed by atoms with van der Waals surface area (Å²) in [5.41, 5.74) is 2.88. The van der Waals surface area contributed by atoms with Gasteiger partial charge in [-0.1, -0.05) is 42.1 Å². The third-order valence-electron chi connectivity index (χ3n) is 5.00. The average molecular weight is 469 g/mol. The van der Waals surface area contributed by atoms with Crippen LogP contribution in [0.5, 0.6) is 5.75 Å². The lowest BCUT2D eigenvalue weighted by atomic mass is 10.1. The molecule has 1 N–H and O–H groups in total. The summed E-state index contributed by atoms with van der Waals surface area (Å²) >= 11 is 1.45. The van der Waals surface area contributed by atoms with Crippen LogP contribution in [-0.4, -0.2) is 20.9 Å². The number of hydrogen-bond donors (Lipinski definition) is 1. The molecule has 0 aliphatic carbocycles. The number of carbonyl (C=O) groups excluding carboxylic acids is 1. The first-order valence-electron chi connectivity index (χ1n) is 10.6. The van der Waals surface area contributed by atoms with Crippen LogP contribution in [0.1, 0.15) is 21.8 Å². The Hall–Kier alpha value is -4.17. The zero-order chi connectivity index (χ0) is 23.2. The number of rotatable bonds is 8. The number of nitrogens with one attached hydrogen (secondary N) is 1. The molecule has 0 fully saturated rings. The van der Waals surface area contributed by atoms with E-state index in [2.05, 4.69) is 20.3 Å². The standard InChI is InChI=1S/C26H20N4O3S/c31-25(30-18-8-5-9-20(15-18)32-16-19-7-3-4-12-27-19)24-22(17-34-26-28-13-6-14-29-26)21-10-1-2-11-23(21)33-24/h1-15H,16-17H2,(H,30,31). The van der Waals surface area contributed by atoms with Gasteiger partial charge in [-0.05, 0) is 36.4 Å². The number of para-hydroxylation sites is 1. The third-order valence-corrected chi connectivity index (χ3v) is 5.90. The molecular formula is C26H20N4O3S. The summed E-state index contributed by atoms with van der Waals surface area (Å²) < 4.78 is 11.8. The maximum atomic E-state index is 13.2. The van der Waals surface area contributed by atoms with E-state index < -0.39 is 0 Å². The van der Waals surface area contributed by atoms with Crippen molar-refractivity contribution in [2.24, 2.45) is 0 Å². The highest BCUT2D eigenvalue weighted by atomic mass is 32.2. The van der Waals surface area contributed by atoms with E-state index in [1.807, 2.05) is 54.6 Å². The van der Waals surface area contributed by atoms with Gasteiger partial charge >= 0.3 is 0 Å². The van der Waals surface area contributed by atoms with Crippen molar-refractivity contribution in [3.8, 4) is 5.75 Å². The zero-order valence-corrected chi connectivity index (χ0v) is 18.9. The molecule has 0 saturated heterocycles. The Morgan fingerprint density at radius 3 is 2.59 bits per heavy atom. The molecule has 1 amide bonds. The van der Waals surface area contributed by atoms with E-state index in [1.165, 1.54) is 11.8 Å². The number of aromatic nitrogens is 3. The lowest BCUT2D eigenvalue weighted by Gasteiger charge is -2.09. The minimum Gasteiger partial charge on any atom is -0.487 e. The maximum absolute atomic E-state index is 13.2. The van der Waals surface area contributed by atoms with Gasteiger partial charge in [0, 0.05) is 47.0 Å². The van der Waals surface area contributed by atoms with Crippen LogP contribution >= 0.6 is 11.8 Å². The third kappa shape index (κ3) is 5.07. The summed E-state index contributed by atoms with van der Waals surface area (Å²) in [6, 6.07) is 22.3. The number of carbonyl (C=O) groups is 1. The highest BCUT2D eigenvalue weighted by Crippen LogP contribution is 2.31. The van der Waals surface area contributed by atoms with E-state index in [0.717, 1.165) is 16.6 Å². The molecule has 168 valence electrons. The van der Waals surface area contributed by atoms with Crippen LogP contribution in [0, 0.1) is 0 Å². The average Bonchev–Trinajstić information content (AvgIpc) is 3.26. The molecule has 0 atom stereocenters. The number of benzene rings is 2. The highest BCUT2D eigenvalue weighted by Gasteiger charge is 2.21. The minimum absolute atomic E-state index is 0.268. The van der Waals surface area contributed by atoms with E-state index in [-0.39, 0.29) is 11.7 Å². The predicted octanol–water partition coefficient (Wildman–Crippen LogP) is 5.74. The van der Waals surface area contributed by atoms with Gasteiger partial charge in [0.05, 0.1) is 5.69 Å². The number of furan rings is 1. The topological polar surface area (TPSA) is 90.1 Å². The number of nitrogens with zero attached hydrogens (tertiary/aromatic N) is 3. The molecule has 5 aromatic rings. The summed E-state index contributed by atoms with van der Waals surface area (Å²) in [5.74, 6) is 1.06. The maximum Gasteiger partial charge on any atom is 0.291 e. The SMILES string of the molecule is O=C(Nc1cccc(OCc2ccccn2)c1)c1oc2ccccc2c1CSc1ncccn1. The van der Waals surface area contributed by atoms with Crippen LogP contribution in [-0.2, 0) is 12.4 Å². The number of thioether (sulfide) groups is 1. The van der Waals surface area contributed by atoms with Crippen LogP contribution in [0.25, 0.3) is 11.0 Å². The Labute approximate surface area is 200 Å². The number of amides is 1. The Morgan fingerprint density at radius 1 is 0.912 bits per heavy atom. The number of fused-ring (bicyclic) bond motifs is 1. The Bertz CT molecular complexity index is 1410. The minimum atomic E-state index is -0.331. The van der Waals surface area contributed by atoms with Gasteiger partial charge in [-0.25, -0.2) is 9.97 Å². The van der Waals surface area contributed by atoms with Crippen LogP contribution in [0.4, 0.5) is 5.69 Å². The molecule has 0 aliphatic rings. The van der Waals surface area contributed by atoms with Crippen LogP contribution < -0.4 is 10.1 Å². The van der Waals surface area contributed by atoms with Gasteiger partial charge < -0.3 is 14.5 Å². The molecule has 2 aromatic carbocycles. The van der Waals surface area contributed by atoms with Crippen molar-refractivity contribution >= 4 is 34.3 Å². The van der Waals surface area contributed by atoms with Crippen molar-refractivity contribution in [3.63, 3.8) is 0 Å². The summed E-state index contributed by atoms with van der Waals surface area (Å²) in [5, 5.41) is 4.46. The monoisotopic (exact) mass is 468 g/mol. The fourth-order valence-electron chi connectivity index (χ4n) is 3.41. The lowest BCUT2D eigenvalue weighted by molar-refractivity contribution is 0.0998. The van der Waals surface area contributed by atoms with Gasteiger partial charge in [0.15, 0.2) is 10.9 Å². The Kier molecular flexibility index (Phi) is 6.49. The van der Waals surface area contributed by atoms with Crippen molar-refractivity contribution in [2.45, 2.75) is 17.5 Å². The molecule has 0 bridgehead atoms. The molecule has 8 heteroatoms. The summed E-state index contributed by atoms with van der Waals surface area (Å²) in [6.45, 7) is 0.338. The molecule has 0 radical (unpaired) electrons. The fourth-order valence-corrected chi connectivity index (χ4v) is 4.25. The number of hydrogen-bond acceptors (Lipinski definition) is 7. The zero-order valence-electron chi connectivity index (χ0n) is 18.0. The fraction of sp³-hybridized carbons (Fsp3) is 0.0769. The van der Waals surface area contributed by atoms with Crippen LogP contribution in [0.3, 0.4) is 0 Å². The van der Waals surface area contributed by atoms with Crippen molar-refractivity contribution in [1.29, 1.82) is 0 Å². The van der Waals surface area contributed by atoms with Gasteiger partial charge in [0.25, 0.3) is 5.91 Å². The lowest BCUT2D eigenvalue weighted by Crippen LogP contribution is -2.13. The summed E-state index contributed by atoms with van der Waals surface area (Å²) in [4.78, 5) is 26.0. The van der Waals surface area contributed by atoms with Gasteiger partial charge in [-0.2, -0.15) is 0 Å². The van der Waals surface area contributed by atoms with E-state index in [9.17, 15) is 4.79 Å². The number of pyridine rings is 1. The van der Waals surface area contributed by atoms with Gasteiger partial charge in [-0.15, -0.1) is 0 Å². The van der Waals surface area contributed by atoms with E-state index in [0.29, 0.717) is 34.5 Å². The predicted molar refractivity (Wildman–Crippen MR) is 131 cm³/mol. The van der Waals surface area contributed by atoms with Gasteiger partial charge in [0.2, 0.25) is 0 Å². The first kappa shape index (κ1) is 21.7. The molecular weight excluding hydrogens is 448 g/mol. The second-order valence-electron chi connectivity index (χ2n) is 7.32. The molecule has 5 rings (SSSR count). The summed E-state index contributed by atoms with van der Waals surface area (Å²) in [6.07, 6.45) is 5.11. The second-order valence-corrected chi connectivity index (χ2v) is 8.26. The highest BCUT2D eigenvalue weighted by molar-refractivity contribution is 7.98. The molecule has 7 nitrogen and oxygen atoms in total. The van der Waals surface area contributed by atoms with Crippen molar-refractivity contribution in [2.75, 3.05) is 5.32 Å². The summed E-state index contributed by atoms with van der Waals surface area (Å²) in [7, 11) is 0. The van der Waals surface area contributed by atoms with Crippen molar-refractivity contribution < 1.29 is 13.9 Å². The second kappa shape index (κ2) is 10.2. The van der Waals surface area contributed by atoms with Gasteiger partial charge in [0.1, 0.15) is 17.9 Å². The molecule has 3 heterocycles. The largest absolute Gasteiger partial charge is 0.487 e. The Morgan fingerprint density at radius 2 is 1.74 bits per heavy atom. The normalized spacial score (nSPS) is 10.8. The molecule has 34 heavy (non-hydrogen) atoms. The molecule has 0 spiro atoms. The van der Waals surface area contributed by atoms with Crippen LogP contribution in [0.2, 0.25) is 0 Å². The van der Waals surface area contributed by atoms with Crippen molar-refractivity contribution in [3.05, 3.63) is 108 Å². The van der Waals surface area contributed by atoms with E-state index >= 15 is 0 Å². The number of ether oxygens (including phenoxy) is 1. The van der Waals surface area contributed by atoms with Crippen molar-refractivity contribution in [1.82, 2.24) is 15.0 Å². The number of anilines is 1. The first-order valence-corrected chi connectivity index (χ1v) is 11.6. The smallest absolute Gasteiger partial charge is 0.291 e. The van der Waals surface area contributed by atoms with E-state index in [4.69, 9.17) is 9.15 Å². The molecule has 0 aliphatic heterocycles. The van der Waals surface area contributed by atoms with Gasteiger partial charge in [-0.3, -0.25) is 9.78 Å². The molecule has 3 aromatic heterocycles. The Balaban J connectivity index is 1.34. The molecule has 0 saturated carbocycles.